The number of nitrogens with two attached hydrogens (primary N) is 1. The standard InChI is InChI=1S/C17H17ClN4/c1-12-20-15-9-14(21-17(19)10-18)7-8-16(15)22(12)11-13-5-3-2-4-6-13/h2-9H,10-11H2,1H3,(H2,19,21). The minimum atomic E-state index is 0.222. The summed E-state index contributed by atoms with van der Waals surface area (Å²) >= 11 is 5.66. The second-order valence-corrected chi connectivity index (χ2v) is 5.41. The van der Waals surface area contributed by atoms with Gasteiger partial charge >= 0.3 is 0 Å². The number of nitrogens with zero attached hydrogens (tertiary/aromatic N) is 3. The van der Waals surface area contributed by atoms with Crippen molar-refractivity contribution in [1.29, 1.82) is 0 Å². The highest BCUT2D eigenvalue weighted by Gasteiger charge is 2.08. The number of aromatic nitrogens is 2. The van der Waals surface area contributed by atoms with Crippen LogP contribution in [-0.4, -0.2) is 21.3 Å². The van der Waals surface area contributed by atoms with Gasteiger partial charge in [-0.1, -0.05) is 30.3 Å². The monoisotopic (exact) mass is 312 g/mol. The summed E-state index contributed by atoms with van der Waals surface area (Å²) in [5.41, 5.74) is 9.70. The molecule has 0 amide bonds. The molecule has 3 rings (SSSR count). The van der Waals surface area contributed by atoms with Crippen molar-refractivity contribution in [3.05, 3.63) is 59.9 Å². The molecule has 0 unspecified atom stereocenters. The molecule has 1 aromatic heterocycles. The predicted molar refractivity (Wildman–Crippen MR) is 92.0 cm³/mol. The van der Waals surface area contributed by atoms with Gasteiger partial charge in [0.05, 0.1) is 22.6 Å². The summed E-state index contributed by atoms with van der Waals surface area (Å²) in [6, 6.07) is 16.2. The van der Waals surface area contributed by atoms with E-state index in [0.29, 0.717) is 5.84 Å². The van der Waals surface area contributed by atoms with Gasteiger partial charge in [-0.2, -0.15) is 0 Å². The molecule has 4 nitrogen and oxygen atoms in total. The summed E-state index contributed by atoms with van der Waals surface area (Å²) in [5.74, 6) is 1.60. The normalized spacial score (nSPS) is 12.0. The van der Waals surface area contributed by atoms with Crippen molar-refractivity contribution >= 4 is 34.2 Å². The average Bonchev–Trinajstić information content (AvgIpc) is 2.83. The second-order valence-electron chi connectivity index (χ2n) is 5.14. The van der Waals surface area contributed by atoms with Crippen molar-refractivity contribution < 1.29 is 0 Å². The highest BCUT2D eigenvalue weighted by Crippen LogP contribution is 2.23. The number of aliphatic imine (C=N–C) groups is 1. The molecule has 0 aliphatic carbocycles. The predicted octanol–water partition coefficient (Wildman–Crippen LogP) is 3.62. The third-order valence-electron chi connectivity index (χ3n) is 3.52. The summed E-state index contributed by atoms with van der Waals surface area (Å²) in [5, 5.41) is 0. The Kier molecular flexibility index (Phi) is 4.11. The van der Waals surface area contributed by atoms with Crippen LogP contribution in [0.1, 0.15) is 11.4 Å². The van der Waals surface area contributed by atoms with Crippen molar-refractivity contribution in [2.75, 3.05) is 5.88 Å². The lowest BCUT2D eigenvalue weighted by Gasteiger charge is -2.07. The Hall–Kier alpha value is -2.33. The van der Waals surface area contributed by atoms with E-state index in [-0.39, 0.29) is 5.88 Å². The molecule has 0 aliphatic heterocycles. The fourth-order valence-electron chi connectivity index (χ4n) is 2.47. The highest BCUT2D eigenvalue weighted by molar-refractivity contribution is 6.28. The van der Waals surface area contributed by atoms with Crippen molar-refractivity contribution in [3.8, 4) is 0 Å². The first-order valence-corrected chi connectivity index (χ1v) is 7.60. The molecule has 0 aliphatic rings. The van der Waals surface area contributed by atoms with Gasteiger partial charge in [0.1, 0.15) is 11.7 Å². The Labute approximate surface area is 134 Å². The Morgan fingerprint density at radius 3 is 2.73 bits per heavy atom. The zero-order chi connectivity index (χ0) is 15.5. The smallest absolute Gasteiger partial charge is 0.115 e. The summed E-state index contributed by atoms with van der Waals surface area (Å²) in [6.07, 6.45) is 0. The van der Waals surface area contributed by atoms with Gasteiger partial charge in [0.25, 0.3) is 0 Å². The topological polar surface area (TPSA) is 56.2 Å². The third kappa shape index (κ3) is 2.97. The maximum atomic E-state index is 5.68. The van der Waals surface area contributed by atoms with E-state index < -0.39 is 0 Å². The zero-order valence-corrected chi connectivity index (χ0v) is 13.1. The average molecular weight is 313 g/mol. The summed E-state index contributed by atoms with van der Waals surface area (Å²) < 4.78 is 2.20. The van der Waals surface area contributed by atoms with Crippen LogP contribution in [-0.2, 0) is 6.54 Å². The Bertz CT molecular complexity index is 821. The van der Waals surface area contributed by atoms with E-state index in [2.05, 4.69) is 26.7 Å². The van der Waals surface area contributed by atoms with E-state index in [0.717, 1.165) is 29.1 Å². The van der Waals surface area contributed by atoms with Gasteiger partial charge in [0, 0.05) is 6.54 Å². The van der Waals surface area contributed by atoms with E-state index >= 15 is 0 Å². The quantitative estimate of drug-likeness (QED) is 0.454. The number of rotatable bonds is 4. The van der Waals surface area contributed by atoms with Crippen LogP contribution in [0, 0.1) is 6.92 Å². The molecule has 2 N–H and O–H groups in total. The molecule has 0 saturated carbocycles. The summed E-state index contributed by atoms with van der Waals surface area (Å²) in [4.78, 5) is 8.89. The molecule has 0 radical (unpaired) electrons. The van der Waals surface area contributed by atoms with Gasteiger partial charge in [-0.15, -0.1) is 11.6 Å². The van der Waals surface area contributed by atoms with Crippen molar-refractivity contribution in [2.24, 2.45) is 10.7 Å². The van der Waals surface area contributed by atoms with Gasteiger partial charge in [-0.05, 0) is 30.7 Å². The first-order valence-electron chi connectivity index (χ1n) is 7.07. The molecule has 0 bridgehead atoms. The molecule has 22 heavy (non-hydrogen) atoms. The van der Waals surface area contributed by atoms with E-state index in [1.807, 2.05) is 43.3 Å². The molecule has 1 heterocycles. The highest BCUT2D eigenvalue weighted by atomic mass is 35.5. The van der Waals surface area contributed by atoms with Crippen LogP contribution >= 0.6 is 11.6 Å². The number of aryl methyl sites for hydroxylation is 1. The van der Waals surface area contributed by atoms with Gasteiger partial charge in [-0.3, -0.25) is 0 Å². The maximum absolute atomic E-state index is 5.68. The summed E-state index contributed by atoms with van der Waals surface area (Å²) in [6.45, 7) is 2.81. The van der Waals surface area contributed by atoms with E-state index in [1.165, 1.54) is 5.56 Å². The molecule has 2 aromatic carbocycles. The number of hydrogen-bond acceptors (Lipinski definition) is 2. The first-order chi connectivity index (χ1) is 10.7. The van der Waals surface area contributed by atoms with Crippen LogP contribution in [0.15, 0.2) is 53.5 Å². The SMILES string of the molecule is Cc1nc2cc(N=C(N)CCl)ccc2n1Cc1ccccc1. The number of amidine groups is 1. The van der Waals surface area contributed by atoms with Crippen LogP contribution < -0.4 is 5.73 Å². The maximum Gasteiger partial charge on any atom is 0.115 e. The molecule has 0 saturated heterocycles. The molecule has 112 valence electrons. The minimum absolute atomic E-state index is 0.222. The zero-order valence-electron chi connectivity index (χ0n) is 12.3. The third-order valence-corrected chi connectivity index (χ3v) is 3.79. The fourth-order valence-corrected chi connectivity index (χ4v) is 2.53. The number of imidazole rings is 1. The van der Waals surface area contributed by atoms with Gasteiger partial charge in [0.15, 0.2) is 0 Å². The summed E-state index contributed by atoms with van der Waals surface area (Å²) in [7, 11) is 0. The number of fused-ring (bicyclic) bond motifs is 1. The van der Waals surface area contributed by atoms with Crippen LogP contribution in [0.25, 0.3) is 11.0 Å². The molecule has 0 spiro atoms. The molecule has 5 heteroatoms. The van der Waals surface area contributed by atoms with Crippen molar-refractivity contribution in [1.82, 2.24) is 9.55 Å². The minimum Gasteiger partial charge on any atom is -0.386 e. The van der Waals surface area contributed by atoms with Gasteiger partial charge in [0.2, 0.25) is 0 Å². The molecule has 3 aromatic rings. The Balaban J connectivity index is 2.00. The molecule has 0 fully saturated rings. The fraction of sp³-hybridized carbons (Fsp3) is 0.176. The van der Waals surface area contributed by atoms with E-state index in [4.69, 9.17) is 17.3 Å². The van der Waals surface area contributed by atoms with E-state index in [1.54, 1.807) is 0 Å². The number of halogens is 1. The van der Waals surface area contributed by atoms with Gasteiger partial charge in [-0.25, -0.2) is 9.98 Å². The lowest BCUT2D eigenvalue weighted by Crippen LogP contribution is -2.12. The van der Waals surface area contributed by atoms with Gasteiger partial charge < -0.3 is 10.3 Å². The number of alkyl halides is 1. The van der Waals surface area contributed by atoms with Crippen molar-refractivity contribution in [2.45, 2.75) is 13.5 Å². The lowest BCUT2D eigenvalue weighted by molar-refractivity contribution is 0.786. The Morgan fingerprint density at radius 2 is 2.00 bits per heavy atom. The van der Waals surface area contributed by atoms with Crippen LogP contribution in [0.5, 0.6) is 0 Å². The van der Waals surface area contributed by atoms with E-state index in [9.17, 15) is 0 Å². The van der Waals surface area contributed by atoms with Crippen LogP contribution in [0.4, 0.5) is 5.69 Å². The number of hydrogen-bond donors (Lipinski definition) is 1. The van der Waals surface area contributed by atoms with Crippen LogP contribution in [0.3, 0.4) is 0 Å². The first kappa shape index (κ1) is 14.6. The Morgan fingerprint density at radius 1 is 1.23 bits per heavy atom. The lowest BCUT2D eigenvalue weighted by atomic mass is 10.2. The molecule has 0 atom stereocenters. The second kappa shape index (κ2) is 6.20. The molecular weight excluding hydrogens is 296 g/mol. The molecular formula is C17H17ClN4. The van der Waals surface area contributed by atoms with Crippen LogP contribution in [0.2, 0.25) is 0 Å². The van der Waals surface area contributed by atoms with Crippen molar-refractivity contribution in [3.63, 3.8) is 0 Å². The largest absolute Gasteiger partial charge is 0.386 e. The number of benzene rings is 2.